The first-order valence-corrected chi connectivity index (χ1v) is 6.42. The average molecular weight is 295 g/mol. The van der Waals surface area contributed by atoms with Gasteiger partial charge < -0.3 is 10.2 Å². The van der Waals surface area contributed by atoms with Crippen molar-refractivity contribution in [2.24, 2.45) is 5.73 Å². The predicted molar refractivity (Wildman–Crippen MR) is 71.8 cm³/mol. The Labute approximate surface area is 109 Å². The molecule has 2 rings (SSSR count). The minimum Gasteiger partial charge on any atom is -0.441 e. The van der Waals surface area contributed by atoms with Gasteiger partial charge in [0.05, 0.1) is 6.20 Å². The van der Waals surface area contributed by atoms with Gasteiger partial charge in [-0.2, -0.15) is 0 Å². The Bertz CT molecular complexity index is 508. The van der Waals surface area contributed by atoms with Gasteiger partial charge in [0.15, 0.2) is 11.7 Å². The van der Waals surface area contributed by atoms with Crippen LogP contribution in [0.5, 0.6) is 0 Å². The van der Waals surface area contributed by atoms with E-state index in [4.69, 9.17) is 10.2 Å². The summed E-state index contributed by atoms with van der Waals surface area (Å²) in [5.41, 5.74) is 7.68. The van der Waals surface area contributed by atoms with E-state index in [-0.39, 0.29) is 0 Å². The highest BCUT2D eigenvalue weighted by Gasteiger charge is 2.10. The molecule has 2 N–H and O–H groups in total. The van der Waals surface area contributed by atoms with E-state index in [0.717, 1.165) is 34.5 Å². The largest absolute Gasteiger partial charge is 0.441 e. The Morgan fingerprint density at radius 1 is 1.41 bits per heavy atom. The van der Waals surface area contributed by atoms with Crippen molar-refractivity contribution in [1.29, 1.82) is 0 Å². The molecule has 0 radical (unpaired) electrons. The Morgan fingerprint density at radius 2 is 2.24 bits per heavy atom. The van der Waals surface area contributed by atoms with Crippen LogP contribution in [0.1, 0.15) is 17.9 Å². The fourth-order valence-electron chi connectivity index (χ4n) is 1.64. The molecular formula is C13H15BrN2O. The summed E-state index contributed by atoms with van der Waals surface area (Å²) in [6, 6.07) is 6.08. The zero-order valence-corrected chi connectivity index (χ0v) is 11.3. The Balaban J connectivity index is 2.27. The van der Waals surface area contributed by atoms with Gasteiger partial charge in [-0.25, -0.2) is 4.98 Å². The van der Waals surface area contributed by atoms with Gasteiger partial charge in [0, 0.05) is 16.5 Å². The highest BCUT2D eigenvalue weighted by Crippen LogP contribution is 2.31. The topological polar surface area (TPSA) is 52.0 Å². The standard InChI is InChI=1S/C13H15BrN2O/c1-9-4-2-5-10(13(9)14)11-8-16-12(17-11)6-3-7-15/h2,4-5,8H,3,6-7,15H2,1H3. The zero-order valence-electron chi connectivity index (χ0n) is 9.74. The molecule has 17 heavy (non-hydrogen) atoms. The molecule has 0 bridgehead atoms. The van der Waals surface area contributed by atoms with Crippen LogP contribution in [0.2, 0.25) is 0 Å². The molecule has 0 saturated heterocycles. The molecule has 0 amide bonds. The van der Waals surface area contributed by atoms with Gasteiger partial charge >= 0.3 is 0 Å². The van der Waals surface area contributed by atoms with E-state index >= 15 is 0 Å². The van der Waals surface area contributed by atoms with Gasteiger partial charge in [0.25, 0.3) is 0 Å². The number of benzene rings is 1. The van der Waals surface area contributed by atoms with Crippen molar-refractivity contribution in [3.05, 3.63) is 40.3 Å². The van der Waals surface area contributed by atoms with Gasteiger partial charge in [0.2, 0.25) is 0 Å². The normalized spacial score (nSPS) is 10.8. The fraction of sp³-hybridized carbons (Fsp3) is 0.308. The van der Waals surface area contributed by atoms with Crippen LogP contribution in [0.3, 0.4) is 0 Å². The van der Waals surface area contributed by atoms with Crippen LogP contribution in [0.4, 0.5) is 0 Å². The molecule has 0 unspecified atom stereocenters. The lowest BCUT2D eigenvalue weighted by atomic mass is 10.1. The Kier molecular flexibility index (Phi) is 3.97. The lowest BCUT2D eigenvalue weighted by molar-refractivity contribution is 0.499. The second-order valence-electron chi connectivity index (χ2n) is 3.95. The van der Waals surface area contributed by atoms with Crippen molar-refractivity contribution < 1.29 is 4.42 Å². The van der Waals surface area contributed by atoms with E-state index < -0.39 is 0 Å². The van der Waals surface area contributed by atoms with Crippen LogP contribution in [0.15, 0.2) is 33.3 Å². The Morgan fingerprint density at radius 3 is 3.00 bits per heavy atom. The summed E-state index contributed by atoms with van der Waals surface area (Å²) in [5.74, 6) is 1.55. The van der Waals surface area contributed by atoms with Gasteiger partial charge in [-0.15, -0.1) is 0 Å². The first-order valence-electron chi connectivity index (χ1n) is 5.62. The number of oxazole rings is 1. The van der Waals surface area contributed by atoms with E-state index in [1.165, 1.54) is 5.56 Å². The lowest BCUT2D eigenvalue weighted by Gasteiger charge is -2.03. The maximum atomic E-state index is 5.71. The highest BCUT2D eigenvalue weighted by atomic mass is 79.9. The van der Waals surface area contributed by atoms with Crippen LogP contribution in [0.25, 0.3) is 11.3 Å². The number of halogens is 1. The molecule has 1 heterocycles. The smallest absolute Gasteiger partial charge is 0.194 e. The van der Waals surface area contributed by atoms with Crippen LogP contribution < -0.4 is 5.73 Å². The minimum absolute atomic E-state index is 0.659. The van der Waals surface area contributed by atoms with Crippen LogP contribution in [-0.2, 0) is 6.42 Å². The molecule has 0 aliphatic carbocycles. The molecule has 0 saturated carbocycles. The van der Waals surface area contributed by atoms with E-state index in [0.29, 0.717) is 6.54 Å². The van der Waals surface area contributed by atoms with Crippen molar-refractivity contribution in [1.82, 2.24) is 4.98 Å². The van der Waals surface area contributed by atoms with Gasteiger partial charge in [-0.1, -0.05) is 18.2 Å². The molecular weight excluding hydrogens is 280 g/mol. The SMILES string of the molecule is Cc1cccc(-c2cnc(CCCN)o2)c1Br. The van der Waals surface area contributed by atoms with E-state index in [1.54, 1.807) is 6.20 Å². The number of nitrogens with zero attached hydrogens (tertiary/aromatic N) is 1. The maximum Gasteiger partial charge on any atom is 0.194 e. The van der Waals surface area contributed by atoms with Gasteiger partial charge in [-0.3, -0.25) is 0 Å². The second kappa shape index (κ2) is 5.47. The molecule has 4 heteroatoms. The second-order valence-corrected chi connectivity index (χ2v) is 4.74. The molecule has 2 aromatic rings. The van der Waals surface area contributed by atoms with E-state index in [1.807, 2.05) is 12.1 Å². The molecule has 0 atom stereocenters. The third-order valence-corrected chi connectivity index (χ3v) is 3.66. The van der Waals surface area contributed by atoms with Crippen molar-refractivity contribution in [2.45, 2.75) is 19.8 Å². The van der Waals surface area contributed by atoms with E-state index in [9.17, 15) is 0 Å². The third kappa shape index (κ3) is 2.76. The fourth-order valence-corrected chi connectivity index (χ4v) is 2.10. The van der Waals surface area contributed by atoms with Gasteiger partial charge in [0.1, 0.15) is 0 Å². The summed E-state index contributed by atoms with van der Waals surface area (Å²) in [4.78, 5) is 4.26. The number of aromatic nitrogens is 1. The molecule has 3 nitrogen and oxygen atoms in total. The molecule has 1 aromatic heterocycles. The third-order valence-electron chi connectivity index (χ3n) is 2.61. The molecule has 0 spiro atoms. The van der Waals surface area contributed by atoms with Crippen LogP contribution >= 0.6 is 15.9 Å². The maximum absolute atomic E-state index is 5.71. The molecule has 1 aromatic carbocycles. The lowest BCUT2D eigenvalue weighted by Crippen LogP contribution is -2.00. The van der Waals surface area contributed by atoms with Crippen molar-refractivity contribution in [3.63, 3.8) is 0 Å². The van der Waals surface area contributed by atoms with Crippen LogP contribution in [-0.4, -0.2) is 11.5 Å². The molecule has 0 aliphatic rings. The summed E-state index contributed by atoms with van der Waals surface area (Å²) in [6.45, 7) is 2.71. The zero-order chi connectivity index (χ0) is 12.3. The van der Waals surface area contributed by atoms with E-state index in [2.05, 4.69) is 33.9 Å². The minimum atomic E-state index is 0.659. The Hall–Kier alpha value is -1.13. The molecule has 90 valence electrons. The van der Waals surface area contributed by atoms with Crippen molar-refractivity contribution in [2.75, 3.05) is 6.54 Å². The number of hydrogen-bond donors (Lipinski definition) is 1. The summed E-state index contributed by atoms with van der Waals surface area (Å²) in [5, 5.41) is 0. The number of rotatable bonds is 4. The monoisotopic (exact) mass is 294 g/mol. The predicted octanol–water partition coefficient (Wildman–Crippen LogP) is 3.30. The summed E-state index contributed by atoms with van der Waals surface area (Å²) >= 11 is 3.57. The first-order chi connectivity index (χ1) is 8.22. The average Bonchev–Trinajstić information content (AvgIpc) is 2.78. The quantitative estimate of drug-likeness (QED) is 0.941. The van der Waals surface area contributed by atoms with Crippen molar-refractivity contribution in [3.8, 4) is 11.3 Å². The summed E-state index contributed by atoms with van der Waals surface area (Å²) < 4.78 is 6.77. The van der Waals surface area contributed by atoms with Crippen molar-refractivity contribution >= 4 is 15.9 Å². The summed E-state index contributed by atoms with van der Waals surface area (Å²) in [7, 11) is 0. The highest BCUT2D eigenvalue weighted by molar-refractivity contribution is 9.10. The number of nitrogens with two attached hydrogens (primary N) is 1. The first kappa shape index (κ1) is 12.3. The number of aryl methyl sites for hydroxylation is 2. The molecule has 0 fully saturated rings. The van der Waals surface area contributed by atoms with Gasteiger partial charge in [-0.05, 0) is 41.4 Å². The summed E-state index contributed by atoms with van der Waals surface area (Å²) in [6.07, 6.45) is 3.46. The number of hydrogen-bond acceptors (Lipinski definition) is 3. The van der Waals surface area contributed by atoms with Crippen LogP contribution in [0, 0.1) is 6.92 Å². The molecule has 0 aliphatic heterocycles.